The van der Waals surface area contributed by atoms with Crippen molar-refractivity contribution in [2.24, 2.45) is 0 Å². The van der Waals surface area contributed by atoms with Crippen LogP contribution in [0, 0.1) is 18.6 Å². The number of benzene rings is 1. The number of halogens is 2. The highest BCUT2D eigenvalue weighted by Crippen LogP contribution is 2.27. The summed E-state index contributed by atoms with van der Waals surface area (Å²) in [7, 11) is 0. The van der Waals surface area contributed by atoms with Crippen LogP contribution in [0.3, 0.4) is 0 Å². The van der Waals surface area contributed by atoms with Gasteiger partial charge in [0.1, 0.15) is 11.6 Å². The topological polar surface area (TPSA) is 38.9 Å². The summed E-state index contributed by atoms with van der Waals surface area (Å²) in [6.45, 7) is 1.83. The first-order chi connectivity index (χ1) is 7.58. The van der Waals surface area contributed by atoms with Crippen molar-refractivity contribution in [3.05, 3.63) is 47.7 Å². The van der Waals surface area contributed by atoms with E-state index < -0.39 is 11.6 Å². The van der Waals surface area contributed by atoms with Crippen molar-refractivity contribution in [1.29, 1.82) is 0 Å². The number of nitrogens with two attached hydrogens (primary N) is 1. The molecular weight excluding hydrogens is 210 g/mol. The van der Waals surface area contributed by atoms with Gasteiger partial charge in [-0.2, -0.15) is 0 Å². The summed E-state index contributed by atoms with van der Waals surface area (Å²) in [6, 6.07) is 4.88. The van der Waals surface area contributed by atoms with Crippen LogP contribution in [0.25, 0.3) is 11.3 Å². The minimum Gasteiger partial charge on any atom is -0.397 e. The second-order valence-electron chi connectivity index (χ2n) is 3.57. The molecule has 0 saturated heterocycles. The zero-order chi connectivity index (χ0) is 11.7. The number of hydrogen-bond acceptors (Lipinski definition) is 2. The van der Waals surface area contributed by atoms with Crippen LogP contribution in [0.5, 0.6) is 0 Å². The average Bonchev–Trinajstić information content (AvgIpc) is 2.22. The zero-order valence-corrected chi connectivity index (χ0v) is 8.67. The fraction of sp³-hybridized carbons (Fsp3) is 0.0833. The molecule has 0 aliphatic rings. The molecule has 0 bridgehead atoms. The molecule has 2 N–H and O–H groups in total. The van der Waals surface area contributed by atoms with E-state index in [1.807, 2.05) is 6.92 Å². The Labute approximate surface area is 91.7 Å². The summed E-state index contributed by atoms with van der Waals surface area (Å²) in [6.07, 6.45) is 1.57. The molecule has 2 aromatic rings. The predicted molar refractivity (Wildman–Crippen MR) is 58.7 cm³/mol. The van der Waals surface area contributed by atoms with Crippen LogP contribution >= 0.6 is 0 Å². The number of aryl methyl sites for hydroxylation is 1. The molecule has 1 aromatic heterocycles. The number of nitrogens with zero attached hydrogens (tertiary/aromatic N) is 1. The van der Waals surface area contributed by atoms with E-state index in [9.17, 15) is 8.78 Å². The van der Waals surface area contributed by atoms with Gasteiger partial charge in [-0.1, -0.05) is 0 Å². The van der Waals surface area contributed by atoms with Crippen LogP contribution in [0.15, 0.2) is 30.5 Å². The molecule has 1 heterocycles. The van der Waals surface area contributed by atoms with E-state index in [2.05, 4.69) is 4.98 Å². The Balaban J connectivity index is 2.62. The molecule has 16 heavy (non-hydrogen) atoms. The third-order valence-corrected chi connectivity index (χ3v) is 2.24. The first-order valence-electron chi connectivity index (χ1n) is 4.75. The van der Waals surface area contributed by atoms with Crippen LogP contribution in [-0.4, -0.2) is 4.98 Å². The van der Waals surface area contributed by atoms with Crippen molar-refractivity contribution in [2.75, 3.05) is 5.73 Å². The Morgan fingerprint density at radius 2 is 1.94 bits per heavy atom. The van der Waals surface area contributed by atoms with E-state index in [0.717, 1.165) is 23.8 Å². The maximum absolute atomic E-state index is 13.5. The quantitative estimate of drug-likeness (QED) is 0.802. The molecule has 0 radical (unpaired) electrons. The highest BCUT2D eigenvalue weighted by atomic mass is 19.1. The number of aromatic nitrogens is 1. The van der Waals surface area contributed by atoms with Gasteiger partial charge < -0.3 is 5.73 Å². The number of nitrogen functional groups attached to an aromatic ring is 1. The van der Waals surface area contributed by atoms with Gasteiger partial charge in [-0.15, -0.1) is 0 Å². The number of hydrogen-bond donors (Lipinski definition) is 1. The van der Waals surface area contributed by atoms with E-state index in [1.54, 1.807) is 12.3 Å². The van der Waals surface area contributed by atoms with E-state index in [1.165, 1.54) is 0 Å². The Hall–Kier alpha value is -1.97. The van der Waals surface area contributed by atoms with E-state index >= 15 is 0 Å². The van der Waals surface area contributed by atoms with E-state index in [0.29, 0.717) is 5.69 Å². The number of rotatable bonds is 1. The van der Waals surface area contributed by atoms with Gasteiger partial charge in [-0.25, -0.2) is 8.78 Å². The molecule has 0 atom stereocenters. The smallest absolute Gasteiger partial charge is 0.132 e. The lowest BCUT2D eigenvalue weighted by molar-refractivity contribution is 0.602. The first-order valence-corrected chi connectivity index (χ1v) is 4.75. The largest absolute Gasteiger partial charge is 0.397 e. The molecule has 4 heteroatoms. The molecule has 82 valence electrons. The summed E-state index contributed by atoms with van der Waals surface area (Å²) in [5.41, 5.74) is 7.28. The van der Waals surface area contributed by atoms with Crippen molar-refractivity contribution in [3.63, 3.8) is 0 Å². The number of anilines is 1. The molecule has 0 amide bonds. The Morgan fingerprint density at radius 1 is 1.19 bits per heavy atom. The van der Waals surface area contributed by atoms with Crippen molar-refractivity contribution in [1.82, 2.24) is 4.98 Å². The van der Waals surface area contributed by atoms with Gasteiger partial charge in [-0.05, 0) is 36.8 Å². The lowest BCUT2D eigenvalue weighted by Crippen LogP contribution is -1.96. The van der Waals surface area contributed by atoms with Gasteiger partial charge >= 0.3 is 0 Å². The molecule has 0 spiro atoms. The summed E-state index contributed by atoms with van der Waals surface area (Å²) >= 11 is 0. The third kappa shape index (κ3) is 1.86. The highest BCUT2D eigenvalue weighted by Gasteiger charge is 2.10. The Morgan fingerprint density at radius 3 is 2.62 bits per heavy atom. The average molecular weight is 220 g/mol. The van der Waals surface area contributed by atoms with Gasteiger partial charge in [0.05, 0.1) is 11.4 Å². The van der Waals surface area contributed by atoms with Crippen molar-refractivity contribution >= 4 is 5.69 Å². The van der Waals surface area contributed by atoms with Crippen LogP contribution < -0.4 is 5.73 Å². The maximum Gasteiger partial charge on any atom is 0.132 e. The molecule has 0 aliphatic heterocycles. The van der Waals surface area contributed by atoms with Gasteiger partial charge in [0.15, 0.2) is 0 Å². The first kappa shape index (κ1) is 10.5. The minimum absolute atomic E-state index is 0.0810. The van der Waals surface area contributed by atoms with Gasteiger partial charge in [-0.3, -0.25) is 4.98 Å². The predicted octanol–water partition coefficient (Wildman–Crippen LogP) is 2.92. The summed E-state index contributed by atoms with van der Waals surface area (Å²) < 4.78 is 26.5. The summed E-state index contributed by atoms with van der Waals surface area (Å²) in [5, 5.41) is 0. The van der Waals surface area contributed by atoms with Crippen molar-refractivity contribution < 1.29 is 8.78 Å². The monoisotopic (exact) mass is 220 g/mol. The normalized spacial score (nSPS) is 10.4. The number of pyridine rings is 1. The van der Waals surface area contributed by atoms with E-state index in [-0.39, 0.29) is 11.3 Å². The minimum atomic E-state index is -0.538. The molecule has 0 saturated carbocycles. The maximum atomic E-state index is 13.5. The molecule has 0 unspecified atom stereocenters. The molecule has 2 nitrogen and oxygen atoms in total. The summed E-state index contributed by atoms with van der Waals surface area (Å²) in [4.78, 5) is 4.02. The zero-order valence-electron chi connectivity index (χ0n) is 8.67. The van der Waals surface area contributed by atoms with Crippen molar-refractivity contribution in [2.45, 2.75) is 6.92 Å². The molecule has 1 aromatic carbocycles. The third-order valence-electron chi connectivity index (χ3n) is 2.24. The fourth-order valence-electron chi connectivity index (χ4n) is 1.50. The van der Waals surface area contributed by atoms with Crippen LogP contribution in [0.4, 0.5) is 14.5 Å². The van der Waals surface area contributed by atoms with Gasteiger partial charge in [0.2, 0.25) is 0 Å². The fourth-order valence-corrected chi connectivity index (χ4v) is 1.50. The summed E-state index contributed by atoms with van der Waals surface area (Å²) in [5.74, 6) is -1.05. The second-order valence-corrected chi connectivity index (χ2v) is 3.57. The molecule has 2 rings (SSSR count). The van der Waals surface area contributed by atoms with Crippen LogP contribution in [-0.2, 0) is 0 Å². The van der Waals surface area contributed by atoms with E-state index in [4.69, 9.17) is 5.73 Å². The molecule has 0 aliphatic carbocycles. The SMILES string of the molecule is Cc1cnc(-c2cc(F)ccc2F)c(N)c1. The lowest BCUT2D eigenvalue weighted by Gasteiger charge is -2.06. The lowest BCUT2D eigenvalue weighted by atomic mass is 10.1. The Kier molecular flexibility index (Phi) is 2.56. The van der Waals surface area contributed by atoms with Gasteiger partial charge in [0.25, 0.3) is 0 Å². The van der Waals surface area contributed by atoms with Crippen molar-refractivity contribution in [3.8, 4) is 11.3 Å². The van der Waals surface area contributed by atoms with Gasteiger partial charge in [0, 0.05) is 11.8 Å². The van der Waals surface area contributed by atoms with Crippen LogP contribution in [0.2, 0.25) is 0 Å². The standard InChI is InChI=1S/C12H10F2N2/c1-7-4-11(15)12(16-6-7)9-5-8(13)2-3-10(9)14/h2-6H,15H2,1H3. The molecule has 0 fully saturated rings. The highest BCUT2D eigenvalue weighted by molar-refractivity contribution is 5.73. The van der Waals surface area contributed by atoms with Crippen LogP contribution in [0.1, 0.15) is 5.56 Å². The Bertz CT molecular complexity index is 539. The second kappa shape index (κ2) is 3.89. The molecular formula is C12H10F2N2.